The van der Waals surface area contributed by atoms with Crippen molar-refractivity contribution in [1.82, 2.24) is 15.3 Å². The molecule has 3 aromatic rings. The van der Waals surface area contributed by atoms with Gasteiger partial charge in [0.1, 0.15) is 16.6 Å². The highest BCUT2D eigenvalue weighted by Gasteiger charge is 2.23. The molecule has 1 aliphatic heterocycles. The number of nitrogens with one attached hydrogen (secondary N) is 3. The predicted octanol–water partition coefficient (Wildman–Crippen LogP) is 5.32. The average Bonchev–Trinajstić information content (AvgIpc) is 2.87. The second-order valence-electron chi connectivity index (χ2n) is 8.45. The number of ether oxygens (including phenoxy) is 1. The van der Waals surface area contributed by atoms with Crippen LogP contribution in [0.1, 0.15) is 25.8 Å². The van der Waals surface area contributed by atoms with Crippen LogP contribution in [0.3, 0.4) is 0 Å². The molecule has 0 fully saturated rings. The topological polar surface area (TPSA) is 105 Å². The lowest BCUT2D eigenvalue weighted by Crippen LogP contribution is -2.20. The third-order valence-corrected chi connectivity index (χ3v) is 8.24. The van der Waals surface area contributed by atoms with E-state index in [1.54, 1.807) is 38.1 Å². The average molecular weight is 532 g/mol. The zero-order chi connectivity index (χ0) is 25.9. The van der Waals surface area contributed by atoms with Crippen LogP contribution < -0.4 is 20.7 Å². The molecule has 3 N–H and O–H groups in total. The number of rotatable bonds is 8. The van der Waals surface area contributed by atoms with Crippen molar-refractivity contribution in [3.05, 3.63) is 65.1 Å². The largest absolute Gasteiger partial charge is 0.495 e. The number of nitrogens with zero attached hydrogens (tertiary/aromatic N) is 2. The van der Waals surface area contributed by atoms with E-state index in [0.29, 0.717) is 29.2 Å². The molecule has 190 valence electrons. The van der Waals surface area contributed by atoms with Gasteiger partial charge in [0.05, 0.1) is 34.8 Å². The van der Waals surface area contributed by atoms with Gasteiger partial charge in [0.25, 0.3) is 0 Å². The summed E-state index contributed by atoms with van der Waals surface area (Å²) in [4.78, 5) is 8.71. The Bertz CT molecular complexity index is 1410. The van der Waals surface area contributed by atoms with Crippen molar-refractivity contribution in [1.29, 1.82) is 0 Å². The first kappa shape index (κ1) is 25.9. The Morgan fingerprint density at radius 1 is 1.17 bits per heavy atom. The number of sulfone groups is 1. The normalized spacial score (nSPS) is 13.9. The molecule has 8 nitrogen and oxygen atoms in total. The maximum atomic E-state index is 15.0. The Hall–Kier alpha value is -3.21. The van der Waals surface area contributed by atoms with Gasteiger partial charge in [-0.1, -0.05) is 29.8 Å². The lowest BCUT2D eigenvalue weighted by molar-refractivity contribution is 0.415. The van der Waals surface area contributed by atoms with Crippen molar-refractivity contribution in [2.75, 3.05) is 30.8 Å². The molecule has 4 rings (SSSR count). The van der Waals surface area contributed by atoms with Gasteiger partial charge >= 0.3 is 0 Å². The molecule has 0 atom stereocenters. The zero-order valence-electron chi connectivity index (χ0n) is 20.1. The van der Waals surface area contributed by atoms with Gasteiger partial charge < -0.3 is 20.7 Å². The molecule has 2 aromatic carbocycles. The second kappa shape index (κ2) is 10.8. The lowest BCUT2D eigenvalue weighted by atomic mass is 9.99. The molecule has 0 saturated heterocycles. The number of para-hydroxylation sites is 1. The lowest BCUT2D eigenvalue weighted by Gasteiger charge is -2.18. The van der Waals surface area contributed by atoms with Crippen molar-refractivity contribution in [2.45, 2.75) is 30.4 Å². The number of hydrogen-bond acceptors (Lipinski definition) is 8. The first-order valence-corrected chi connectivity index (χ1v) is 13.3. The summed E-state index contributed by atoms with van der Waals surface area (Å²) in [6.07, 6.45) is 4.05. The molecular weight excluding hydrogens is 505 g/mol. The molecule has 1 aromatic heterocycles. The highest BCUT2D eigenvalue weighted by atomic mass is 35.5. The van der Waals surface area contributed by atoms with Crippen LogP contribution in [0.25, 0.3) is 5.57 Å². The van der Waals surface area contributed by atoms with Crippen molar-refractivity contribution < 1.29 is 17.5 Å². The van der Waals surface area contributed by atoms with Crippen LogP contribution in [0.5, 0.6) is 5.75 Å². The summed E-state index contributed by atoms with van der Waals surface area (Å²) in [6, 6.07) is 9.51. The molecule has 0 bridgehead atoms. The standard InChI is InChI=1S/C25H27ClFN5O3S/c1-15(2)36(33,34)23-7-5-4-6-20(23)30-24-18(26)14-29-25(32-24)31-21-13-19(27)17(12-22(21)35-3)16-8-10-28-11-9-16/h4-8,12-15,28H,9-11H2,1-3H3,(H2,29,30,31,32). The summed E-state index contributed by atoms with van der Waals surface area (Å²) >= 11 is 6.31. The molecule has 0 spiro atoms. The Balaban J connectivity index is 1.65. The smallest absolute Gasteiger partial charge is 0.229 e. The molecule has 2 heterocycles. The van der Waals surface area contributed by atoms with Crippen LogP contribution in [0.15, 0.2) is 53.6 Å². The fourth-order valence-electron chi connectivity index (χ4n) is 3.77. The SMILES string of the molecule is COc1cc(C2=CCNCC2)c(F)cc1Nc1ncc(Cl)c(Nc2ccccc2S(=O)(=O)C(C)C)n1. The molecule has 0 radical (unpaired) electrons. The van der Waals surface area contributed by atoms with E-state index in [2.05, 4.69) is 25.9 Å². The second-order valence-corrected chi connectivity index (χ2v) is 11.3. The summed E-state index contributed by atoms with van der Waals surface area (Å²) in [6.45, 7) is 4.70. The summed E-state index contributed by atoms with van der Waals surface area (Å²) in [5.74, 6) is 0.341. The van der Waals surface area contributed by atoms with Gasteiger partial charge in [0, 0.05) is 18.2 Å². The number of methoxy groups -OCH3 is 1. The number of halogens is 2. The predicted molar refractivity (Wildman–Crippen MR) is 141 cm³/mol. The van der Waals surface area contributed by atoms with Crippen LogP contribution >= 0.6 is 11.6 Å². The fourth-order valence-corrected chi connectivity index (χ4v) is 5.11. The first-order valence-electron chi connectivity index (χ1n) is 11.4. The van der Waals surface area contributed by atoms with Crippen LogP contribution in [0.2, 0.25) is 5.02 Å². The van der Waals surface area contributed by atoms with E-state index in [0.717, 1.165) is 18.5 Å². The van der Waals surface area contributed by atoms with E-state index in [9.17, 15) is 8.42 Å². The molecule has 1 aliphatic rings. The molecule has 0 saturated carbocycles. The van der Waals surface area contributed by atoms with Gasteiger partial charge in [-0.15, -0.1) is 0 Å². The number of benzene rings is 2. The third kappa shape index (κ3) is 5.45. The first-order chi connectivity index (χ1) is 17.2. The Labute approximate surface area is 214 Å². The van der Waals surface area contributed by atoms with E-state index in [1.165, 1.54) is 25.4 Å². The Kier molecular flexibility index (Phi) is 7.77. The van der Waals surface area contributed by atoms with Gasteiger partial charge in [-0.05, 0) is 50.6 Å². The minimum Gasteiger partial charge on any atom is -0.495 e. The molecule has 0 amide bonds. The summed E-state index contributed by atoms with van der Waals surface area (Å²) < 4.78 is 46.1. The van der Waals surface area contributed by atoms with Crippen molar-refractivity contribution in [2.24, 2.45) is 0 Å². The highest BCUT2D eigenvalue weighted by molar-refractivity contribution is 7.92. The van der Waals surface area contributed by atoms with E-state index in [1.807, 2.05) is 6.08 Å². The molecular formula is C25H27ClFN5O3S. The fraction of sp³-hybridized carbons (Fsp3) is 0.280. The van der Waals surface area contributed by atoms with Crippen LogP contribution in [0, 0.1) is 5.82 Å². The van der Waals surface area contributed by atoms with E-state index >= 15 is 4.39 Å². The van der Waals surface area contributed by atoms with Gasteiger partial charge in [0.2, 0.25) is 5.95 Å². The minimum atomic E-state index is -3.56. The van der Waals surface area contributed by atoms with Gasteiger partial charge in [-0.3, -0.25) is 0 Å². The zero-order valence-corrected chi connectivity index (χ0v) is 21.7. The number of anilines is 4. The number of hydrogen-bond donors (Lipinski definition) is 3. The van der Waals surface area contributed by atoms with E-state index in [4.69, 9.17) is 16.3 Å². The summed E-state index contributed by atoms with van der Waals surface area (Å²) in [7, 11) is -2.06. The summed E-state index contributed by atoms with van der Waals surface area (Å²) in [5, 5.41) is 8.76. The van der Waals surface area contributed by atoms with Gasteiger partial charge in [0.15, 0.2) is 15.7 Å². The van der Waals surface area contributed by atoms with Crippen molar-refractivity contribution in [3.8, 4) is 5.75 Å². The van der Waals surface area contributed by atoms with Crippen molar-refractivity contribution >= 4 is 50.2 Å². The molecule has 0 aliphatic carbocycles. The quantitative estimate of drug-likeness (QED) is 0.358. The molecule has 11 heteroatoms. The summed E-state index contributed by atoms with van der Waals surface area (Å²) in [5.41, 5.74) is 2.08. The third-order valence-electron chi connectivity index (χ3n) is 5.76. The highest BCUT2D eigenvalue weighted by Crippen LogP contribution is 2.35. The van der Waals surface area contributed by atoms with Crippen molar-refractivity contribution in [3.63, 3.8) is 0 Å². The maximum Gasteiger partial charge on any atom is 0.229 e. The minimum absolute atomic E-state index is 0.123. The van der Waals surface area contributed by atoms with Gasteiger partial charge in [-0.25, -0.2) is 17.8 Å². The van der Waals surface area contributed by atoms with Crippen LogP contribution in [-0.4, -0.2) is 43.8 Å². The van der Waals surface area contributed by atoms with E-state index in [-0.39, 0.29) is 21.7 Å². The van der Waals surface area contributed by atoms with Gasteiger partial charge in [-0.2, -0.15) is 4.98 Å². The Morgan fingerprint density at radius 2 is 1.94 bits per heavy atom. The van der Waals surface area contributed by atoms with Crippen LogP contribution in [-0.2, 0) is 9.84 Å². The monoisotopic (exact) mass is 531 g/mol. The molecule has 36 heavy (non-hydrogen) atoms. The Morgan fingerprint density at radius 3 is 2.64 bits per heavy atom. The molecule has 0 unspecified atom stereocenters. The van der Waals surface area contributed by atoms with Crippen LogP contribution in [0.4, 0.5) is 27.5 Å². The number of aromatic nitrogens is 2. The van der Waals surface area contributed by atoms with E-state index < -0.39 is 20.9 Å². The maximum absolute atomic E-state index is 15.0.